The fourth-order valence-electron chi connectivity index (χ4n) is 2.01. The number of ether oxygens (including phenoxy) is 1. The number of nitriles is 1. The molecule has 16 heavy (non-hydrogen) atoms. The Balaban J connectivity index is 2.14. The number of likely N-dealkylation sites (N-methyl/N-ethyl adjacent to an activating group) is 1. The summed E-state index contributed by atoms with van der Waals surface area (Å²) >= 11 is 0. The molecule has 0 bridgehead atoms. The van der Waals surface area contributed by atoms with E-state index in [0.29, 0.717) is 6.10 Å². The lowest BCUT2D eigenvalue weighted by atomic mass is 10.1. The normalized spacial score (nSPS) is 23.0. The Bertz CT molecular complexity index is 221. The molecule has 0 aliphatic carbocycles. The molecule has 0 aromatic heterocycles. The molecule has 2 atom stereocenters. The third-order valence-electron chi connectivity index (χ3n) is 3.09. The lowest BCUT2D eigenvalue weighted by Gasteiger charge is -2.27. The Labute approximate surface area is 98.6 Å². The largest absolute Gasteiger partial charge is 0.377 e. The van der Waals surface area contributed by atoms with Crippen LogP contribution in [-0.2, 0) is 4.74 Å². The van der Waals surface area contributed by atoms with E-state index < -0.39 is 0 Å². The zero-order valence-electron chi connectivity index (χ0n) is 10.4. The molecule has 0 aromatic rings. The molecule has 1 heterocycles. The average molecular weight is 225 g/mol. The van der Waals surface area contributed by atoms with Crippen LogP contribution < -0.4 is 5.32 Å². The molecule has 4 heteroatoms. The van der Waals surface area contributed by atoms with Crippen molar-refractivity contribution >= 4 is 0 Å². The highest BCUT2D eigenvalue weighted by molar-refractivity contribution is 4.88. The first kappa shape index (κ1) is 13.4. The third-order valence-corrected chi connectivity index (χ3v) is 3.09. The highest BCUT2D eigenvalue weighted by Crippen LogP contribution is 2.13. The number of nitrogens with zero attached hydrogens (tertiary/aromatic N) is 2. The molecular formula is C12H23N3O. The van der Waals surface area contributed by atoms with E-state index in [1.54, 1.807) is 0 Å². The van der Waals surface area contributed by atoms with Gasteiger partial charge in [0.05, 0.1) is 18.2 Å². The van der Waals surface area contributed by atoms with Crippen molar-refractivity contribution < 1.29 is 4.74 Å². The van der Waals surface area contributed by atoms with Gasteiger partial charge in [-0.15, -0.1) is 0 Å². The van der Waals surface area contributed by atoms with Crippen molar-refractivity contribution in [2.45, 2.75) is 37.8 Å². The minimum absolute atomic E-state index is 0.0327. The van der Waals surface area contributed by atoms with E-state index in [2.05, 4.69) is 23.3 Å². The first-order chi connectivity index (χ1) is 7.76. The molecule has 1 fully saturated rings. The first-order valence-corrected chi connectivity index (χ1v) is 6.13. The number of nitrogens with one attached hydrogen (secondary N) is 1. The Morgan fingerprint density at radius 2 is 2.38 bits per heavy atom. The van der Waals surface area contributed by atoms with Gasteiger partial charge < -0.3 is 15.0 Å². The van der Waals surface area contributed by atoms with Gasteiger partial charge in [0.1, 0.15) is 0 Å². The molecule has 1 aliphatic heterocycles. The molecule has 0 aromatic carbocycles. The SMILES string of the molecule is CNC(C#N)CCN(C)CC1CCCCO1. The van der Waals surface area contributed by atoms with Crippen molar-refractivity contribution in [3.63, 3.8) is 0 Å². The standard InChI is InChI=1S/C12H23N3O/c1-14-11(9-13)6-7-15(2)10-12-5-3-4-8-16-12/h11-12,14H,3-8,10H2,1-2H3. The van der Waals surface area contributed by atoms with Gasteiger partial charge >= 0.3 is 0 Å². The Morgan fingerprint density at radius 3 is 2.94 bits per heavy atom. The van der Waals surface area contributed by atoms with E-state index in [9.17, 15) is 0 Å². The van der Waals surface area contributed by atoms with Gasteiger partial charge in [0.15, 0.2) is 0 Å². The lowest BCUT2D eigenvalue weighted by molar-refractivity contribution is -0.00167. The zero-order chi connectivity index (χ0) is 11.8. The van der Waals surface area contributed by atoms with Crippen molar-refractivity contribution in [3.05, 3.63) is 0 Å². The minimum Gasteiger partial charge on any atom is -0.377 e. The number of hydrogen-bond donors (Lipinski definition) is 1. The molecule has 0 spiro atoms. The molecule has 4 nitrogen and oxygen atoms in total. The number of rotatable bonds is 6. The van der Waals surface area contributed by atoms with Crippen LogP contribution in [0.15, 0.2) is 0 Å². The van der Waals surface area contributed by atoms with Crippen molar-refractivity contribution in [3.8, 4) is 6.07 Å². The second kappa shape index (κ2) is 7.61. The second-order valence-corrected chi connectivity index (χ2v) is 4.51. The van der Waals surface area contributed by atoms with Crippen LogP contribution in [0.2, 0.25) is 0 Å². The monoisotopic (exact) mass is 225 g/mol. The highest BCUT2D eigenvalue weighted by Gasteiger charge is 2.16. The third kappa shape index (κ3) is 4.93. The smallest absolute Gasteiger partial charge is 0.0962 e. The van der Waals surface area contributed by atoms with E-state index in [-0.39, 0.29) is 6.04 Å². The summed E-state index contributed by atoms with van der Waals surface area (Å²) in [6, 6.07) is 2.21. The molecule has 1 aliphatic rings. The van der Waals surface area contributed by atoms with Crippen LogP contribution in [0.1, 0.15) is 25.7 Å². The van der Waals surface area contributed by atoms with Gasteiger partial charge in [-0.1, -0.05) is 0 Å². The maximum absolute atomic E-state index is 8.80. The Morgan fingerprint density at radius 1 is 1.56 bits per heavy atom. The predicted octanol–water partition coefficient (Wildman–Crippen LogP) is 0.989. The summed E-state index contributed by atoms with van der Waals surface area (Å²) in [4.78, 5) is 2.26. The summed E-state index contributed by atoms with van der Waals surface area (Å²) < 4.78 is 5.69. The summed E-state index contributed by atoms with van der Waals surface area (Å²) in [5, 5.41) is 11.8. The molecular weight excluding hydrogens is 202 g/mol. The molecule has 1 saturated heterocycles. The molecule has 1 N–H and O–H groups in total. The minimum atomic E-state index is -0.0327. The van der Waals surface area contributed by atoms with Crippen LogP contribution in [0.4, 0.5) is 0 Å². The zero-order valence-corrected chi connectivity index (χ0v) is 10.4. The van der Waals surface area contributed by atoms with Gasteiger partial charge in [-0.05, 0) is 39.8 Å². The van der Waals surface area contributed by atoms with Gasteiger partial charge in [-0.3, -0.25) is 0 Å². The fourth-order valence-corrected chi connectivity index (χ4v) is 2.01. The summed E-state index contributed by atoms with van der Waals surface area (Å²) in [6.07, 6.45) is 4.94. The van der Waals surface area contributed by atoms with E-state index in [1.807, 2.05) is 7.05 Å². The summed E-state index contributed by atoms with van der Waals surface area (Å²) in [6.45, 7) is 2.84. The fraction of sp³-hybridized carbons (Fsp3) is 0.917. The lowest BCUT2D eigenvalue weighted by Crippen LogP contribution is -2.36. The van der Waals surface area contributed by atoms with Gasteiger partial charge in [0, 0.05) is 19.7 Å². The second-order valence-electron chi connectivity index (χ2n) is 4.51. The van der Waals surface area contributed by atoms with E-state index in [1.165, 1.54) is 19.3 Å². The van der Waals surface area contributed by atoms with Crippen molar-refractivity contribution in [1.82, 2.24) is 10.2 Å². The summed E-state index contributed by atoms with van der Waals surface area (Å²) in [7, 11) is 3.93. The summed E-state index contributed by atoms with van der Waals surface area (Å²) in [5.74, 6) is 0. The average Bonchev–Trinajstić information content (AvgIpc) is 2.31. The van der Waals surface area contributed by atoms with Crippen molar-refractivity contribution in [2.24, 2.45) is 0 Å². The quantitative estimate of drug-likeness (QED) is 0.732. The molecule has 2 unspecified atom stereocenters. The first-order valence-electron chi connectivity index (χ1n) is 6.13. The van der Waals surface area contributed by atoms with E-state index in [0.717, 1.165) is 26.1 Å². The summed E-state index contributed by atoms with van der Waals surface area (Å²) in [5.41, 5.74) is 0. The Kier molecular flexibility index (Phi) is 6.39. The van der Waals surface area contributed by atoms with E-state index >= 15 is 0 Å². The molecule has 0 saturated carbocycles. The molecule has 0 radical (unpaired) electrons. The number of hydrogen-bond acceptors (Lipinski definition) is 4. The highest BCUT2D eigenvalue weighted by atomic mass is 16.5. The molecule has 92 valence electrons. The maximum Gasteiger partial charge on any atom is 0.0962 e. The van der Waals surface area contributed by atoms with Gasteiger partial charge in [0.25, 0.3) is 0 Å². The van der Waals surface area contributed by atoms with Crippen LogP contribution in [0.3, 0.4) is 0 Å². The maximum atomic E-state index is 8.80. The van der Waals surface area contributed by atoms with Crippen molar-refractivity contribution in [1.29, 1.82) is 5.26 Å². The van der Waals surface area contributed by atoms with Crippen LogP contribution in [0.25, 0.3) is 0 Å². The Hall–Kier alpha value is -0.630. The van der Waals surface area contributed by atoms with Crippen LogP contribution >= 0.6 is 0 Å². The van der Waals surface area contributed by atoms with Crippen LogP contribution in [0.5, 0.6) is 0 Å². The van der Waals surface area contributed by atoms with Gasteiger partial charge in [0.2, 0.25) is 0 Å². The van der Waals surface area contributed by atoms with Gasteiger partial charge in [-0.2, -0.15) is 5.26 Å². The van der Waals surface area contributed by atoms with Crippen LogP contribution in [-0.4, -0.2) is 50.8 Å². The van der Waals surface area contributed by atoms with Crippen molar-refractivity contribution in [2.75, 3.05) is 33.8 Å². The molecule has 0 amide bonds. The van der Waals surface area contributed by atoms with E-state index in [4.69, 9.17) is 10.00 Å². The van der Waals surface area contributed by atoms with Crippen LogP contribution in [0, 0.1) is 11.3 Å². The topological polar surface area (TPSA) is 48.3 Å². The van der Waals surface area contributed by atoms with Gasteiger partial charge in [-0.25, -0.2) is 0 Å². The predicted molar refractivity (Wildman–Crippen MR) is 64.2 cm³/mol. The molecule has 1 rings (SSSR count).